The number of carboxylic acid groups (broad SMARTS) is 1. The van der Waals surface area contributed by atoms with Crippen molar-refractivity contribution >= 4 is 54.3 Å². The van der Waals surface area contributed by atoms with Gasteiger partial charge in [0.25, 0.3) is 5.91 Å². The summed E-state index contributed by atoms with van der Waals surface area (Å²) < 4.78 is 34.1. The molecule has 0 radical (unpaired) electrons. The number of urea groups is 1. The fourth-order valence-corrected chi connectivity index (χ4v) is 6.15. The van der Waals surface area contributed by atoms with Gasteiger partial charge in [-0.25, -0.2) is 18.4 Å². The van der Waals surface area contributed by atoms with Crippen LogP contribution < -0.4 is 20.6 Å². The number of carbonyl (C=O) groups is 6. The maximum absolute atomic E-state index is 14.7. The third-order valence-electron chi connectivity index (χ3n) is 8.76. The summed E-state index contributed by atoms with van der Waals surface area (Å²) in [6.07, 6.45) is -0.112. The van der Waals surface area contributed by atoms with Gasteiger partial charge in [0.2, 0.25) is 5.91 Å². The van der Waals surface area contributed by atoms with Crippen molar-refractivity contribution < 1.29 is 67.7 Å². The number of halogens is 3. The van der Waals surface area contributed by atoms with Gasteiger partial charge in [-0.2, -0.15) is 0 Å². The molecule has 54 heavy (non-hydrogen) atoms. The molecule has 0 saturated carbocycles. The lowest BCUT2D eigenvalue weighted by Crippen LogP contribution is -2.60. The van der Waals surface area contributed by atoms with Crippen molar-refractivity contribution in [2.24, 2.45) is 0 Å². The molecule has 17 nitrogen and oxygen atoms in total. The molecule has 21 heteroatoms. The van der Waals surface area contributed by atoms with Crippen molar-refractivity contribution in [3.63, 3.8) is 0 Å². The Bertz CT molecular complexity index is 2070. The standard InChI is InChI=1S/C33H31BClF2N5O12/c1-14-18(13-21(37)26(45)25(14)44)24(29(47)39-22-11-15-3-6-20(36)23(32(50)51)27(15)54-34(22)53)40-33(52)42-10-9-41(30(48)31(42)49)8-2-7-38-28(46)17-5-4-16(43)12-19(17)35/h3-6,12-13,22,24,43-45,53H,2,7-11H2,1H3,(H,38,46)(H,39,47)(H,40,52)(H,50,51)/t22-,24+/m0/s1. The Labute approximate surface area is 309 Å². The molecule has 0 bridgehead atoms. The molecule has 0 unspecified atom stereocenters. The summed E-state index contributed by atoms with van der Waals surface area (Å²) in [4.78, 5) is 78.9. The maximum Gasteiger partial charge on any atom is 0.547 e. The first-order chi connectivity index (χ1) is 25.5. The van der Waals surface area contributed by atoms with Crippen molar-refractivity contribution in [1.29, 1.82) is 0 Å². The lowest BCUT2D eigenvalue weighted by Gasteiger charge is -2.34. The highest BCUT2D eigenvalue weighted by atomic mass is 35.5. The highest BCUT2D eigenvalue weighted by Gasteiger charge is 2.42. The predicted octanol–water partition coefficient (Wildman–Crippen LogP) is 1.12. The number of carboxylic acids is 1. The zero-order valence-electron chi connectivity index (χ0n) is 28.1. The Kier molecular flexibility index (Phi) is 11.5. The van der Waals surface area contributed by atoms with Crippen LogP contribution in [0.4, 0.5) is 13.6 Å². The van der Waals surface area contributed by atoms with Crippen LogP contribution in [0, 0.1) is 18.6 Å². The number of benzene rings is 3. The van der Waals surface area contributed by atoms with Gasteiger partial charge in [0.15, 0.2) is 17.3 Å². The minimum absolute atomic E-state index is 0.00454. The number of nitrogens with one attached hydrogen (secondary N) is 3. The number of imide groups is 1. The zero-order chi connectivity index (χ0) is 39.6. The quantitative estimate of drug-likeness (QED) is 0.0625. The number of aromatic carboxylic acids is 1. The van der Waals surface area contributed by atoms with E-state index in [1.54, 1.807) is 0 Å². The lowest BCUT2D eigenvalue weighted by atomic mass is 9.72. The van der Waals surface area contributed by atoms with E-state index in [4.69, 9.17) is 16.3 Å². The molecular weight excluding hydrogens is 743 g/mol. The number of fused-ring (bicyclic) bond motifs is 1. The topological polar surface area (TPSA) is 255 Å². The molecule has 2 aliphatic heterocycles. The number of carbonyl (C=O) groups excluding carboxylic acids is 5. The number of piperazine rings is 1. The van der Waals surface area contributed by atoms with E-state index in [2.05, 4.69) is 16.0 Å². The van der Waals surface area contributed by atoms with Gasteiger partial charge in [0.05, 0.1) is 16.5 Å². The molecule has 0 spiro atoms. The van der Waals surface area contributed by atoms with Crippen LogP contribution in [0.15, 0.2) is 36.4 Å². The monoisotopic (exact) mass is 773 g/mol. The van der Waals surface area contributed by atoms with Gasteiger partial charge >= 0.3 is 30.9 Å². The van der Waals surface area contributed by atoms with E-state index in [-0.39, 0.29) is 66.5 Å². The summed E-state index contributed by atoms with van der Waals surface area (Å²) in [6, 6.07) is 3.23. The molecule has 284 valence electrons. The number of phenolic OH excluding ortho intramolecular Hbond substituents is 3. The predicted molar refractivity (Wildman–Crippen MR) is 182 cm³/mol. The first-order valence-electron chi connectivity index (χ1n) is 16.1. The van der Waals surface area contributed by atoms with Crippen LogP contribution in [-0.4, -0.2) is 110 Å². The number of aromatic hydroxyl groups is 3. The highest BCUT2D eigenvalue weighted by molar-refractivity contribution is 6.47. The Morgan fingerprint density at radius 2 is 1.74 bits per heavy atom. The van der Waals surface area contributed by atoms with Crippen LogP contribution in [0.1, 0.15) is 49.9 Å². The molecule has 8 N–H and O–H groups in total. The van der Waals surface area contributed by atoms with Gasteiger partial charge in [0.1, 0.15) is 28.9 Å². The van der Waals surface area contributed by atoms with Crippen molar-refractivity contribution in [3.8, 4) is 23.0 Å². The van der Waals surface area contributed by atoms with Crippen molar-refractivity contribution in [2.75, 3.05) is 26.2 Å². The molecule has 1 fully saturated rings. The first-order valence-corrected chi connectivity index (χ1v) is 16.5. The van der Waals surface area contributed by atoms with Gasteiger partial charge < -0.3 is 51.0 Å². The molecule has 3 aromatic carbocycles. The maximum atomic E-state index is 14.7. The van der Waals surface area contributed by atoms with E-state index < -0.39 is 94.7 Å². The number of nitrogens with zero attached hydrogens (tertiary/aromatic N) is 2. The average molecular weight is 774 g/mol. The van der Waals surface area contributed by atoms with Gasteiger partial charge in [-0.05, 0) is 61.2 Å². The summed E-state index contributed by atoms with van der Waals surface area (Å²) in [6.45, 7) is 0.735. The van der Waals surface area contributed by atoms with Crippen LogP contribution in [0.5, 0.6) is 23.0 Å². The van der Waals surface area contributed by atoms with Gasteiger partial charge in [-0.3, -0.25) is 24.1 Å². The molecular formula is C33H31BClF2N5O12. The lowest BCUT2D eigenvalue weighted by molar-refractivity contribution is -0.153. The van der Waals surface area contributed by atoms with Gasteiger partial charge in [-0.1, -0.05) is 17.7 Å². The fourth-order valence-electron chi connectivity index (χ4n) is 5.89. The minimum Gasteiger partial charge on any atom is -0.534 e. The second-order valence-electron chi connectivity index (χ2n) is 12.2. The van der Waals surface area contributed by atoms with E-state index in [1.807, 2.05) is 0 Å². The minimum atomic E-state index is -1.95. The van der Waals surface area contributed by atoms with Crippen LogP contribution in [0.3, 0.4) is 0 Å². The summed E-state index contributed by atoms with van der Waals surface area (Å²) in [5.41, 5.74) is -1.33. The number of amides is 6. The Morgan fingerprint density at radius 3 is 2.43 bits per heavy atom. The fraction of sp³-hybridized carbons (Fsp3) is 0.273. The SMILES string of the molecule is Cc1c([C@@H](NC(=O)N2CCN(CCCNC(=O)c3ccc(O)cc3Cl)C(=O)C2=O)C(=O)N[C@H]2Cc3ccc(F)c(C(=O)O)c3OB2O)cc(F)c(O)c1O. The molecule has 2 heterocycles. The van der Waals surface area contributed by atoms with Crippen LogP contribution in [-0.2, 0) is 20.8 Å². The summed E-state index contributed by atoms with van der Waals surface area (Å²) >= 11 is 5.98. The first kappa shape index (κ1) is 39.1. The number of rotatable bonds is 10. The van der Waals surface area contributed by atoms with E-state index in [1.165, 1.54) is 31.2 Å². The van der Waals surface area contributed by atoms with Crippen molar-refractivity contribution in [2.45, 2.75) is 31.7 Å². The smallest absolute Gasteiger partial charge is 0.534 e. The van der Waals surface area contributed by atoms with Gasteiger partial charge in [0, 0.05) is 31.7 Å². The Balaban J connectivity index is 1.28. The molecule has 2 atom stereocenters. The number of hydrogen-bond acceptors (Lipinski definition) is 11. The van der Waals surface area contributed by atoms with Crippen molar-refractivity contribution in [3.05, 3.63) is 80.9 Å². The second kappa shape index (κ2) is 15.8. The summed E-state index contributed by atoms with van der Waals surface area (Å²) in [5, 5.41) is 57.0. The summed E-state index contributed by atoms with van der Waals surface area (Å²) in [5.74, 6) is -12.4. The highest BCUT2D eigenvalue weighted by Crippen LogP contribution is 2.37. The van der Waals surface area contributed by atoms with Crippen LogP contribution in [0.25, 0.3) is 0 Å². The zero-order valence-corrected chi connectivity index (χ0v) is 28.8. The van der Waals surface area contributed by atoms with Crippen molar-refractivity contribution in [1.82, 2.24) is 25.8 Å². The van der Waals surface area contributed by atoms with Crippen LogP contribution >= 0.6 is 11.6 Å². The molecule has 3 aromatic rings. The number of hydrogen-bond donors (Lipinski definition) is 8. The third-order valence-corrected chi connectivity index (χ3v) is 9.07. The molecule has 0 aliphatic carbocycles. The molecule has 0 aromatic heterocycles. The molecule has 1 saturated heterocycles. The molecule has 5 rings (SSSR count). The number of phenols is 3. The normalized spacial score (nSPS) is 15.9. The van der Waals surface area contributed by atoms with E-state index in [9.17, 15) is 63.0 Å². The van der Waals surface area contributed by atoms with Crippen LogP contribution in [0.2, 0.25) is 5.02 Å². The van der Waals surface area contributed by atoms with E-state index >= 15 is 0 Å². The third kappa shape index (κ3) is 7.93. The average Bonchev–Trinajstić information content (AvgIpc) is 3.11. The van der Waals surface area contributed by atoms with Gasteiger partial charge in [-0.15, -0.1) is 0 Å². The van der Waals surface area contributed by atoms with E-state index in [0.717, 1.165) is 11.0 Å². The Morgan fingerprint density at radius 1 is 1.02 bits per heavy atom. The molecule has 6 amide bonds. The Hall–Kier alpha value is -6.15. The second-order valence-corrected chi connectivity index (χ2v) is 12.6. The molecule has 2 aliphatic rings. The summed E-state index contributed by atoms with van der Waals surface area (Å²) in [7, 11) is -1.95. The van der Waals surface area contributed by atoms with E-state index in [0.29, 0.717) is 11.0 Å². The largest absolute Gasteiger partial charge is 0.547 e.